The third-order valence-electron chi connectivity index (χ3n) is 2.59. The van der Waals surface area contributed by atoms with E-state index in [1.165, 1.54) is 11.0 Å². The number of benzene rings is 1. The summed E-state index contributed by atoms with van der Waals surface area (Å²) in [5.41, 5.74) is 0.709. The minimum Gasteiger partial charge on any atom is -0.480 e. The second-order valence-corrected chi connectivity index (χ2v) is 4.84. The Bertz CT molecular complexity index is 433. The minimum atomic E-state index is -0.449. The first-order valence-electron chi connectivity index (χ1n) is 6.25. The Kier molecular flexibility index (Phi) is 5.76. The smallest absolute Gasteiger partial charge is 0.259 e. The van der Waals surface area contributed by atoms with Crippen molar-refractivity contribution < 1.29 is 13.9 Å². The van der Waals surface area contributed by atoms with Gasteiger partial charge in [0, 0.05) is 32.2 Å². The standard InChI is InChI=1S/C14H21FN2O2/c1-10(2)16-8-11-6-5-7-12(15)14(11)19-9-13(18)17(3)4/h5-7,10,16H,8-9H2,1-4H3. The number of para-hydroxylation sites is 1. The molecule has 0 saturated carbocycles. The summed E-state index contributed by atoms with van der Waals surface area (Å²) >= 11 is 0. The van der Waals surface area contributed by atoms with Gasteiger partial charge in [-0.25, -0.2) is 4.39 Å². The number of hydrogen-bond acceptors (Lipinski definition) is 3. The summed E-state index contributed by atoms with van der Waals surface area (Å²) in [4.78, 5) is 12.9. The summed E-state index contributed by atoms with van der Waals surface area (Å²) in [5.74, 6) is -0.508. The molecule has 0 heterocycles. The van der Waals surface area contributed by atoms with Crippen LogP contribution in [-0.2, 0) is 11.3 Å². The lowest BCUT2D eigenvalue weighted by Crippen LogP contribution is -2.28. The summed E-state index contributed by atoms with van der Waals surface area (Å²) < 4.78 is 19.1. The van der Waals surface area contributed by atoms with E-state index in [2.05, 4.69) is 5.32 Å². The van der Waals surface area contributed by atoms with Crippen LogP contribution in [0, 0.1) is 5.82 Å². The van der Waals surface area contributed by atoms with Crippen molar-refractivity contribution in [2.45, 2.75) is 26.4 Å². The maximum atomic E-state index is 13.7. The van der Waals surface area contributed by atoms with Crippen LogP contribution < -0.4 is 10.1 Å². The molecule has 0 bridgehead atoms. The molecule has 0 unspecified atom stereocenters. The van der Waals surface area contributed by atoms with Gasteiger partial charge < -0.3 is 15.0 Å². The molecule has 0 fully saturated rings. The number of nitrogens with one attached hydrogen (secondary N) is 1. The number of rotatable bonds is 6. The highest BCUT2D eigenvalue weighted by Gasteiger charge is 2.12. The molecule has 0 atom stereocenters. The second-order valence-electron chi connectivity index (χ2n) is 4.84. The van der Waals surface area contributed by atoms with Crippen LogP contribution in [0.3, 0.4) is 0 Å². The zero-order valence-electron chi connectivity index (χ0n) is 11.9. The van der Waals surface area contributed by atoms with Gasteiger partial charge in [0.05, 0.1) is 0 Å². The van der Waals surface area contributed by atoms with Crippen molar-refractivity contribution in [3.63, 3.8) is 0 Å². The summed E-state index contributed by atoms with van der Waals surface area (Å²) in [6, 6.07) is 5.04. The van der Waals surface area contributed by atoms with Crippen LogP contribution in [0.5, 0.6) is 5.75 Å². The van der Waals surface area contributed by atoms with Gasteiger partial charge in [0.1, 0.15) is 0 Å². The maximum absolute atomic E-state index is 13.7. The molecule has 0 aromatic heterocycles. The predicted octanol–water partition coefficient (Wildman–Crippen LogP) is 1.79. The fraction of sp³-hybridized carbons (Fsp3) is 0.500. The Morgan fingerprint density at radius 1 is 1.42 bits per heavy atom. The molecule has 1 rings (SSSR count). The minimum absolute atomic E-state index is 0.144. The van der Waals surface area contributed by atoms with Crippen molar-refractivity contribution in [3.05, 3.63) is 29.6 Å². The SMILES string of the molecule is CC(C)NCc1cccc(F)c1OCC(=O)N(C)C. The van der Waals surface area contributed by atoms with Crippen molar-refractivity contribution >= 4 is 5.91 Å². The molecule has 1 aromatic carbocycles. The number of carbonyl (C=O) groups is 1. The number of nitrogens with zero attached hydrogens (tertiary/aromatic N) is 1. The van der Waals surface area contributed by atoms with Crippen molar-refractivity contribution in [2.75, 3.05) is 20.7 Å². The molecule has 4 nitrogen and oxygen atoms in total. The quantitative estimate of drug-likeness (QED) is 0.855. The highest BCUT2D eigenvalue weighted by molar-refractivity contribution is 5.77. The summed E-state index contributed by atoms with van der Waals surface area (Å²) in [7, 11) is 3.27. The largest absolute Gasteiger partial charge is 0.480 e. The van der Waals surface area contributed by atoms with Gasteiger partial charge in [0.25, 0.3) is 5.91 Å². The van der Waals surface area contributed by atoms with Crippen molar-refractivity contribution in [1.82, 2.24) is 10.2 Å². The van der Waals surface area contributed by atoms with Gasteiger partial charge in [-0.3, -0.25) is 4.79 Å². The fourth-order valence-corrected chi connectivity index (χ4v) is 1.43. The third-order valence-corrected chi connectivity index (χ3v) is 2.59. The molecule has 0 radical (unpaired) electrons. The summed E-state index contributed by atoms with van der Waals surface area (Å²) in [5, 5.41) is 3.20. The normalized spacial score (nSPS) is 10.6. The number of carbonyl (C=O) groups excluding carboxylic acids is 1. The van der Waals surface area contributed by atoms with Crippen molar-refractivity contribution in [3.8, 4) is 5.75 Å². The van der Waals surface area contributed by atoms with Crippen LogP contribution in [0.4, 0.5) is 4.39 Å². The van der Waals surface area contributed by atoms with E-state index in [9.17, 15) is 9.18 Å². The molecule has 1 amide bonds. The number of halogens is 1. The number of hydrogen-bond donors (Lipinski definition) is 1. The first-order chi connectivity index (χ1) is 8.91. The monoisotopic (exact) mass is 268 g/mol. The van der Waals surface area contributed by atoms with Gasteiger partial charge in [0.2, 0.25) is 0 Å². The van der Waals surface area contributed by atoms with Crippen LogP contribution in [-0.4, -0.2) is 37.6 Å². The Morgan fingerprint density at radius 2 is 2.11 bits per heavy atom. The highest BCUT2D eigenvalue weighted by Crippen LogP contribution is 2.22. The first kappa shape index (κ1) is 15.4. The van der Waals surface area contributed by atoms with Gasteiger partial charge in [0.15, 0.2) is 18.2 Å². The van der Waals surface area contributed by atoms with E-state index >= 15 is 0 Å². The van der Waals surface area contributed by atoms with Crippen molar-refractivity contribution in [1.29, 1.82) is 0 Å². The van der Waals surface area contributed by atoms with Gasteiger partial charge in [-0.15, -0.1) is 0 Å². The third kappa shape index (κ3) is 4.87. The Labute approximate surface area is 113 Å². The predicted molar refractivity (Wildman–Crippen MR) is 72.6 cm³/mol. The van der Waals surface area contributed by atoms with E-state index in [-0.39, 0.29) is 18.3 Å². The van der Waals surface area contributed by atoms with Crippen LogP contribution in [0.25, 0.3) is 0 Å². The number of ether oxygens (including phenoxy) is 1. The molecule has 1 N–H and O–H groups in total. The van der Waals surface area contributed by atoms with E-state index in [0.717, 1.165) is 0 Å². The summed E-state index contributed by atoms with van der Waals surface area (Å²) in [6.07, 6.45) is 0. The topological polar surface area (TPSA) is 41.6 Å². The second kappa shape index (κ2) is 7.09. The highest BCUT2D eigenvalue weighted by atomic mass is 19.1. The van der Waals surface area contributed by atoms with Gasteiger partial charge in [-0.1, -0.05) is 26.0 Å². The fourth-order valence-electron chi connectivity index (χ4n) is 1.43. The Morgan fingerprint density at radius 3 is 2.68 bits per heavy atom. The van der Waals surface area contributed by atoms with Crippen LogP contribution in [0.15, 0.2) is 18.2 Å². The van der Waals surface area contributed by atoms with Crippen LogP contribution in [0.1, 0.15) is 19.4 Å². The van der Waals surface area contributed by atoms with Crippen LogP contribution in [0.2, 0.25) is 0 Å². The zero-order valence-corrected chi connectivity index (χ0v) is 11.9. The van der Waals surface area contributed by atoms with E-state index < -0.39 is 5.82 Å². The van der Waals surface area contributed by atoms with Crippen molar-refractivity contribution in [2.24, 2.45) is 0 Å². The zero-order chi connectivity index (χ0) is 14.4. The lowest BCUT2D eigenvalue weighted by Gasteiger charge is -2.15. The lowest BCUT2D eigenvalue weighted by atomic mass is 10.2. The van der Waals surface area contributed by atoms with Gasteiger partial charge in [-0.05, 0) is 6.07 Å². The Balaban J connectivity index is 2.77. The van der Waals surface area contributed by atoms with Gasteiger partial charge in [-0.2, -0.15) is 0 Å². The van der Waals surface area contributed by atoms with Crippen LogP contribution >= 0.6 is 0 Å². The van der Waals surface area contributed by atoms with E-state index in [4.69, 9.17) is 4.74 Å². The summed E-state index contributed by atoms with van der Waals surface area (Å²) in [6.45, 7) is 4.36. The lowest BCUT2D eigenvalue weighted by molar-refractivity contribution is -0.130. The maximum Gasteiger partial charge on any atom is 0.259 e. The molecular formula is C14H21FN2O2. The molecule has 0 spiro atoms. The number of likely N-dealkylation sites (N-methyl/N-ethyl adjacent to an activating group) is 1. The average molecular weight is 268 g/mol. The van der Waals surface area contributed by atoms with E-state index in [1.807, 2.05) is 13.8 Å². The molecule has 5 heteroatoms. The molecule has 0 aliphatic heterocycles. The average Bonchev–Trinajstić information content (AvgIpc) is 2.34. The molecular weight excluding hydrogens is 247 g/mol. The number of amides is 1. The molecule has 0 aliphatic carbocycles. The molecule has 0 aliphatic rings. The molecule has 106 valence electrons. The van der Waals surface area contributed by atoms with Gasteiger partial charge >= 0.3 is 0 Å². The molecule has 19 heavy (non-hydrogen) atoms. The molecule has 1 aromatic rings. The first-order valence-corrected chi connectivity index (χ1v) is 6.25. The Hall–Kier alpha value is -1.62. The van der Waals surface area contributed by atoms with E-state index in [0.29, 0.717) is 18.2 Å². The molecule has 0 saturated heterocycles. The van der Waals surface area contributed by atoms with E-state index in [1.54, 1.807) is 26.2 Å².